The lowest BCUT2D eigenvalue weighted by Gasteiger charge is -2.35. The normalized spacial score (nSPS) is 32.0. The fraction of sp³-hybridized carbons (Fsp3) is 0.926. The summed E-state index contributed by atoms with van der Waals surface area (Å²) < 4.78 is 0. The smallest absolute Gasteiger partial charge is 0.315 e. The molecule has 4 N–H and O–H groups in total. The molecule has 0 heterocycles. The molecule has 0 aromatic carbocycles. The van der Waals surface area contributed by atoms with Gasteiger partial charge < -0.3 is 21.3 Å². The molecule has 0 radical (unpaired) electrons. The molecule has 6 heteroatoms. The van der Waals surface area contributed by atoms with Gasteiger partial charge in [-0.2, -0.15) is 0 Å². The van der Waals surface area contributed by atoms with Crippen LogP contribution in [0.3, 0.4) is 0 Å². The van der Waals surface area contributed by atoms with Gasteiger partial charge in [0.15, 0.2) is 0 Å². The predicted molar refractivity (Wildman–Crippen MR) is 133 cm³/mol. The van der Waals surface area contributed by atoms with Gasteiger partial charge in [0, 0.05) is 24.2 Å². The van der Waals surface area contributed by atoms with Crippen molar-refractivity contribution in [3.8, 4) is 0 Å². The molecule has 0 bridgehead atoms. The van der Waals surface area contributed by atoms with E-state index in [0.717, 1.165) is 63.2 Å². The third-order valence-corrected chi connectivity index (χ3v) is 8.91. The van der Waals surface area contributed by atoms with Gasteiger partial charge in [-0.3, -0.25) is 0 Å². The molecule has 0 saturated heterocycles. The lowest BCUT2D eigenvalue weighted by atomic mass is 9.75. The van der Waals surface area contributed by atoms with Crippen LogP contribution >= 0.6 is 0 Å². The maximum Gasteiger partial charge on any atom is 0.315 e. The highest BCUT2D eigenvalue weighted by molar-refractivity contribution is 5.75. The molecule has 4 rings (SSSR count). The summed E-state index contributed by atoms with van der Waals surface area (Å²) in [5.74, 6) is 1.63. The van der Waals surface area contributed by atoms with E-state index in [1.807, 2.05) is 0 Å². The minimum Gasteiger partial charge on any atom is -0.335 e. The predicted octanol–water partition coefficient (Wildman–Crippen LogP) is 5.76. The van der Waals surface area contributed by atoms with E-state index in [9.17, 15) is 9.59 Å². The van der Waals surface area contributed by atoms with Crippen molar-refractivity contribution in [1.29, 1.82) is 0 Å². The Morgan fingerprint density at radius 1 is 0.424 bits per heavy atom. The molecule has 0 unspecified atom stereocenters. The SMILES string of the molecule is O=C(NC1CCCCC1)NC1CCC(CC2CCC(NC(=O)NC3CCCCC3)CC2)CC1. The van der Waals surface area contributed by atoms with Crippen LogP contribution in [0.2, 0.25) is 0 Å². The van der Waals surface area contributed by atoms with E-state index in [1.54, 1.807) is 0 Å². The van der Waals surface area contributed by atoms with E-state index in [-0.39, 0.29) is 12.1 Å². The summed E-state index contributed by atoms with van der Waals surface area (Å²) in [5, 5.41) is 12.9. The minimum atomic E-state index is 0.0590. The third kappa shape index (κ3) is 8.36. The van der Waals surface area contributed by atoms with Gasteiger partial charge in [-0.25, -0.2) is 9.59 Å². The summed E-state index contributed by atoms with van der Waals surface area (Å²) in [4.78, 5) is 24.7. The van der Waals surface area contributed by atoms with Gasteiger partial charge in [0.25, 0.3) is 0 Å². The average Bonchev–Trinajstić information content (AvgIpc) is 2.83. The zero-order valence-electron chi connectivity index (χ0n) is 20.7. The van der Waals surface area contributed by atoms with Crippen LogP contribution in [-0.2, 0) is 0 Å². The van der Waals surface area contributed by atoms with Crippen LogP contribution in [0.15, 0.2) is 0 Å². The lowest BCUT2D eigenvalue weighted by molar-refractivity contribution is 0.195. The number of hydrogen-bond donors (Lipinski definition) is 4. The molecule has 4 amide bonds. The number of rotatable bonds is 6. The van der Waals surface area contributed by atoms with E-state index in [1.165, 1.54) is 70.6 Å². The highest BCUT2D eigenvalue weighted by atomic mass is 16.2. The Balaban J connectivity index is 1.06. The third-order valence-electron chi connectivity index (χ3n) is 8.91. The molecule has 33 heavy (non-hydrogen) atoms. The van der Waals surface area contributed by atoms with Crippen molar-refractivity contribution < 1.29 is 9.59 Å². The topological polar surface area (TPSA) is 82.3 Å². The summed E-state index contributed by atoms with van der Waals surface area (Å²) in [6.45, 7) is 0. The highest BCUT2D eigenvalue weighted by Crippen LogP contribution is 2.35. The Morgan fingerprint density at radius 3 is 1.06 bits per heavy atom. The van der Waals surface area contributed by atoms with Crippen molar-refractivity contribution in [1.82, 2.24) is 21.3 Å². The van der Waals surface area contributed by atoms with Crippen molar-refractivity contribution >= 4 is 12.1 Å². The van der Waals surface area contributed by atoms with Crippen molar-refractivity contribution in [3.63, 3.8) is 0 Å². The minimum absolute atomic E-state index is 0.0590. The molecular formula is C27H48N4O2. The summed E-state index contributed by atoms with van der Waals surface area (Å²) in [7, 11) is 0. The van der Waals surface area contributed by atoms with Crippen LogP contribution < -0.4 is 21.3 Å². The van der Waals surface area contributed by atoms with Crippen molar-refractivity contribution in [2.75, 3.05) is 0 Å². The number of carbonyl (C=O) groups excluding carboxylic acids is 2. The fourth-order valence-electron chi connectivity index (χ4n) is 6.88. The second-order valence-electron chi connectivity index (χ2n) is 11.6. The van der Waals surface area contributed by atoms with E-state index in [0.29, 0.717) is 24.2 Å². The van der Waals surface area contributed by atoms with Gasteiger partial charge in [0.2, 0.25) is 0 Å². The monoisotopic (exact) mass is 460 g/mol. The quantitative estimate of drug-likeness (QED) is 0.406. The van der Waals surface area contributed by atoms with Crippen LogP contribution in [0.25, 0.3) is 0 Å². The first-order valence-electron chi connectivity index (χ1n) is 14.3. The summed E-state index contributed by atoms with van der Waals surface area (Å²) >= 11 is 0. The van der Waals surface area contributed by atoms with Crippen molar-refractivity contribution in [2.24, 2.45) is 11.8 Å². The van der Waals surface area contributed by atoms with Crippen LogP contribution in [-0.4, -0.2) is 36.2 Å². The standard InChI is InChI=1S/C27H48N4O2/c32-26(28-22-7-3-1-4-8-22)30-24-15-11-20(12-16-24)19-21-13-17-25(18-14-21)31-27(33)29-23-9-5-2-6-10-23/h20-25H,1-19H2,(H2,28,30,32)(H2,29,31,33). The molecule has 0 atom stereocenters. The van der Waals surface area contributed by atoms with E-state index in [4.69, 9.17) is 0 Å². The molecule has 0 aromatic heterocycles. The van der Waals surface area contributed by atoms with Gasteiger partial charge in [0.1, 0.15) is 0 Å². The molecule has 4 fully saturated rings. The number of urea groups is 2. The zero-order valence-corrected chi connectivity index (χ0v) is 20.7. The Kier molecular flexibility index (Phi) is 9.60. The molecule has 6 nitrogen and oxygen atoms in total. The molecule has 0 aliphatic heterocycles. The second-order valence-corrected chi connectivity index (χ2v) is 11.6. The first-order valence-corrected chi connectivity index (χ1v) is 14.3. The molecule has 4 aliphatic carbocycles. The summed E-state index contributed by atoms with van der Waals surface area (Å²) in [6.07, 6.45) is 23.0. The van der Waals surface area contributed by atoms with Gasteiger partial charge in [-0.1, -0.05) is 38.5 Å². The Labute approximate surface area is 201 Å². The lowest BCUT2D eigenvalue weighted by Crippen LogP contribution is -2.48. The van der Waals surface area contributed by atoms with Crippen molar-refractivity contribution in [2.45, 2.75) is 146 Å². The average molecular weight is 461 g/mol. The zero-order chi connectivity index (χ0) is 22.9. The molecule has 0 aromatic rings. The maximum absolute atomic E-state index is 12.3. The fourth-order valence-corrected chi connectivity index (χ4v) is 6.88. The number of carbonyl (C=O) groups is 2. The van der Waals surface area contributed by atoms with Crippen LogP contribution in [0.5, 0.6) is 0 Å². The maximum atomic E-state index is 12.3. The number of nitrogens with one attached hydrogen (secondary N) is 4. The summed E-state index contributed by atoms with van der Waals surface area (Å²) in [5.41, 5.74) is 0. The molecule has 4 saturated carbocycles. The Morgan fingerprint density at radius 2 is 0.727 bits per heavy atom. The Bertz CT molecular complexity index is 547. The molecule has 0 spiro atoms. The van der Waals surface area contributed by atoms with E-state index < -0.39 is 0 Å². The van der Waals surface area contributed by atoms with Gasteiger partial charge in [0.05, 0.1) is 0 Å². The first-order chi connectivity index (χ1) is 16.1. The molecule has 4 aliphatic rings. The van der Waals surface area contributed by atoms with E-state index in [2.05, 4.69) is 21.3 Å². The molecule has 188 valence electrons. The number of hydrogen-bond acceptors (Lipinski definition) is 2. The largest absolute Gasteiger partial charge is 0.335 e. The number of amides is 4. The van der Waals surface area contributed by atoms with Gasteiger partial charge >= 0.3 is 12.1 Å². The van der Waals surface area contributed by atoms with Crippen LogP contribution in [0, 0.1) is 11.8 Å². The van der Waals surface area contributed by atoms with Crippen LogP contribution in [0.1, 0.15) is 122 Å². The first kappa shape index (κ1) is 24.7. The highest BCUT2D eigenvalue weighted by Gasteiger charge is 2.28. The van der Waals surface area contributed by atoms with Crippen molar-refractivity contribution in [3.05, 3.63) is 0 Å². The second kappa shape index (κ2) is 12.9. The summed E-state index contributed by atoms with van der Waals surface area (Å²) in [6, 6.07) is 1.60. The molecular weight excluding hydrogens is 412 g/mol. The van der Waals surface area contributed by atoms with Gasteiger partial charge in [-0.15, -0.1) is 0 Å². The van der Waals surface area contributed by atoms with E-state index >= 15 is 0 Å². The Hall–Kier alpha value is -1.46. The van der Waals surface area contributed by atoms with Crippen LogP contribution in [0.4, 0.5) is 9.59 Å². The van der Waals surface area contributed by atoms with Gasteiger partial charge in [-0.05, 0) is 95.3 Å².